The summed E-state index contributed by atoms with van der Waals surface area (Å²) in [6, 6.07) is -1.04. The summed E-state index contributed by atoms with van der Waals surface area (Å²) < 4.78 is 59.0. The molecule has 1 amide bonds. The second kappa shape index (κ2) is 12.6. The molecule has 14 heteroatoms. The van der Waals surface area contributed by atoms with E-state index in [1.165, 1.54) is 12.4 Å². The third kappa shape index (κ3) is 5.80. The van der Waals surface area contributed by atoms with E-state index < -0.39 is 45.1 Å². The number of carbonyl (C=O) groups excluding carboxylic acids is 1. The Morgan fingerprint density at radius 3 is 2.52 bits per heavy atom. The Bertz CT molecular complexity index is 1290. The van der Waals surface area contributed by atoms with Crippen LogP contribution in [0.5, 0.6) is 0 Å². The molecule has 0 aromatic carbocycles. The average Bonchev–Trinajstić information content (AvgIpc) is 3.33. The molecule has 5 fully saturated rings. The van der Waals surface area contributed by atoms with Crippen molar-refractivity contribution in [3.05, 3.63) is 23.6 Å². The molecular weight excluding hydrogens is 590 g/mol. The number of nitrogens with one attached hydrogen (secondary N) is 1. The van der Waals surface area contributed by atoms with Crippen LogP contribution in [-0.4, -0.2) is 120 Å². The topological polar surface area (TPSA) is 141 Å². The fourth-order valence-corrected chi connectivity index (χ4v) is 10.8. The number of amides is 1. The summed E-state index contributed by atoms with van der Waals surface area (Å²) in [5, 5.41) is 2.46. The van der Waals surface area contributed by atoms with Gasteiger partial charge in [-0.15, -0.1) is 0 Å². The molecule has 4 atom stereocenters. The highest BCUT2D eigenvalue weighted by Gasteiger charge is 2.56. The van der Waals surface area contributed by atoms with Crippen molar-refractivity contribution in [3.63, 3.8) is 0 Å². The summed E-state index contributed by atoms with van der Waals surface area (Å²) in [6.45, 7) is 6.14. The van der Waals surface area contributed by atoms with Crippen molar-refractivity contribution >= 4 is 22.1 Å². The Morgan fingerprint density at radius 1 is 1.11 bits per heavy atom. The molecule has 0 aromatic rings. The lowest BCUT2D eigenvalue weighted by atomic mass is 9.66. The van der Waals surface area contributed by atoms with Gasteiger partial charge in [0.15, 0.2) is 5.83 Å². The van der Waals surface area contributed by atoms with Crippen molar-refractivity contribution in [2.24, 2.45) is 22.4 Å². The molecule has 7 aliphatic rings. The largest absolute Gasteiger partial charge is 0.371 e. The van der Waals surface area contributed by atoms with Crippen molar-refractivity contribution in [1.29, 1.82) is 0 Å². The number of nitrogens with two attached hydrogens (primary N) is 2. The Kier molecular flexibility index (Phi) is 9.10. The quantitative estimate of drug-likeness (QED) is 0.322. The number of dihydropyridines is 1. The van der Waals surface area contributed by atoms with E-state index in [2.05, 4.69) is 22.1 Å². The minimum atomic E-state index is -3.48. The molecule has 0 aliphatic carbocycles. The van der Waals surface area contributed by atoms with Crippen LogP contribution in [0.4, 0.5) is 8.78 Å². The average molecular weight is 639 g/mol. The number of halogens is 2. The Balaban J connectivity index is 1.13. The van der Waals surface area contributed by atoms with Gasteiger partial charge in [0.2, 0.25) is 15.9 Å². The van der Waals surface area contributed by atoms with Gasteiger partial charge in [0.1, 0.15) is 5.83 Å². The number of sulfonamides is 1. The molecule has 11 nitrogen and oxygen atoms in total. The maximum absolute atomic E-state index is 15.4. The smallest absolute Gasteiger partial charge is 0.228 e. The molecule has 4 unspecified atom stereocenters. The molecule has 0 spiro atoms. The highest BCUT2D eigenvalue weighted by atomic mass is 32.2. The zero-order chi connectivity index (χ0) is 31.2. The first-order valence-electron chi connectivity index (χ1n) is 16.4. The van der Waals surface area contributed by atoms with Crippen molar-refractivity contribution in [3.8, 4) is 0 Å². The lowest BCUT2D eigenvalue weighted by molar-refractivity contribution is -0.139. The maximum Gasteiger partial charge on any atom is 0.228 e. The van der Waals surface area contributed by atoms with Crippen molar-refractivity contribution in [1.82, 2.24) is 24.3 Å². The van der Waals surface area contributed by atoms with E-state index in [0.717, 1.165) is 45.3 Å². The first kappa shape index (κ1) is 31.8. The molecule has 0 radical (unpaired) electrons. The fourth-order valence-electron chi connectivity index (χ4n) is 8.68. The summed E-state index contributed by atoms with van der Waals surface area (Å²) in [4.78, 5) is 24.0. The van der Waals surface area contributed by atoms with Gasteiger partial charge in [0, 0.05) is 56.4 Å². The number of hydrogen-bond donors (Lipinski definition) is 3. The van der Waals surface area contributed by atoms with E-state index in [-0.39, 0.29) is 30.0 Å². The second-order valence-corrected chi connectivity index (χ2v) is 15.7. The number of rotatable bonds is 9. The Morgan fingerprint density at radius 2 is 1.84 bits per heavy atom. The molecule has 0 saturated carbocycles. The summed E-state index contributed by atoms with van der Waals surface area (Å²) in [5.74, 6) is -1.99. The van der Waals surface area contributed by atoms with E-state index >= 15 is 4.39 Å². The highest BCUT2D eigenvalue weighted by molar-refractivity contribution is 7.89. The number of aliphatic imine (C=N–C) groups is 1. The first-order chi connectivity index (χ1) is 21.0. The monoisotopic (exact) mass is 638 g/mol. The Hall–Kier alpha value is -2.13. The van der Waals surface area contributed by atoms with Gasteiger partial charge in [-0.1, -0.05) is 13.3 Å². The predicted octanol–water partition coefficient (Wildman–Crippen LogP) is 1.39. The van der Waals surface area contributed by atoms with Gasteiger partial charge in [-0.25, -0.2) is 17.2 Å². The number of likely N-dealkylation sites (tertiary alicyclic amines) is 1. The van der Waals surface area contributed by atoms with Gasteiger partial charge in [-0.2, -0.15) is 4.31 Å². The molecule has 7 heterocycles. The van der Waals surface area contributed by atoms with Gasteiger partial charge in [-0.05, 0) is 58.0 Å². The summed E-state index contributed by atoms with van der Waals surface area (Å²) in [7, 11) is -3.48. The molecule has 5 saturated heterocycles. The van der Waals surface area contributed by atoms with E-state index in [1.54, 1.807) is 4.31 Å². The van der Waals surface area contributed by atoms with E-state index in [9.17, 15) is 17.6 Å². The summed E-state index contributed by atoms with van der Waals surface area (Å²) in [5.41, 5.74) is 12.5. The van der Waals surface area contributed by atoms with Crippen molar-refractivity contribution in [2.45, 2.75) is 99.8 Å². The van der Waals surface area contributed by atoms with Crippen LogP contribution in [0.25, 0.3) is 0 Å². The van der Waals surface area contributed by atoms with E-state index in [4.69, 9.17) is 11.5 Å². The number of carbonyl (C=O) groups is 1. The number of fused-ring (bicyclic) bond motifs is 5. The van der Waals surface area contributed by atoms with Crippen LogP contribution in [0.3, 0.4) is 0 Å². The number of allylic oxidation sites excluding steroid dienone is 2. The molecule has 0 aromatic heterocycles. The van der Waals surface area contributed by atoms with Gasteiger partial charge >= 0.3 is 0 Å². The van der Waals surface area contributed by atoms with Crippen molar-refractivity contribution < 1.29 is 22.0 Å². The minimum Gasteiger partial charge on any atom is -0.371 e. The van der Waals surface area contributed by atoms with Gasteiger partial charge in [0.05, 0.1) is 41.8 Å². The maximum atomic E-state index is 15.4. The SMILES string of the molecule is CCCC12CCC(F)=CN1C(C(C(=O)NC1CN=CC(F)=C1N1CCC(S(=O)(=O)N3CCN4CCC3CC4)CC1)C(N)N)C2. The number of hydrogen-bond acceptors (Lipinski definition) is 9. The van der Waals surface area contributed by atoms with Crippen LogP contribution < -0.4 is 16.8 Å². The Labute approximate surface area is 259 Å². The molecule has 5 N–H and O–H groups in total. The zero-order valence-corrected chi connectivity index (χ0v) is 26.5. The van der Waals surface area contributed by atoms with E-state index in [0.29, 0.717) is 57.4 Å². The van der Waals surface area contributed by atoms with Gasteiger partial charge < -0.3 is 31.5 Å². The van der Waals surface area contributed by atoms with Crippen LogP contribution in [-0.2, 0) is 14.8 Å². The van der Waals surface area contributed by atoms with Crippen LogP contribution in [0, 0.1) is 5.92 Å². The highest BCUT2D eigenvalue weighted by Crippen LogP contribution is 2.50. The minimum absolute atomic E-state index is 0.0626. The lowest BCUT2D eigenvalue weighted by Gasteiger charge is -2.62. The third-order valence-electron chi connectivity index (χ3n) is 11.0. The molecular formula is C30H48F2N8O3S. The summed E-state index contributed by atoms with van der Waals surface area (Å²) in [6.07, 6.45) is 7.78. The number of piperidine rings is 2. The molecule has 7 aliphatic heterocycles. The lowest BCUT2D eigenvalue weighted by Crippen LogP contribution is -2.71. The second-order valence-electron chi connectivity index (χ2n) is 13.5. The third-order valence-corrected chi connectivity index (χ3v) is 13.4. The standard InChI is InChI=1S/C30H48F2N8O3S/c1-2-8-30-9-3-20(31)19-39(30)25(16-30)26(28(33)34)29(41)36-24-18-35-17-23(32)27(24)38-12-6-22(7-13-38)44(42,43)40-15-14-37-10-4-21(40)5-11-37/h17,19,21-22,24-26,28H,2-16,18,33-34H2,1H3,(H,36,41). The normalized spacial score (nSPS) is 34.0. The van der Waals surface area contributed by atoms with Crippen LogP contribution >= 0.6 is 0 Å². The van der Waals surface area contributed by atoms with Gasteiger partial charge in [-0.3, -0.25) is 9.79 Å². The van der Waals surface area contributed by atoms with Crippen molar-refractivity contribution in [2.75, 3.05) is 45.8 Å². The van der Waals surface area contributed by atoms with Gasteiger partial charge in [0.25, 0.3) is 0 Å². The number of nitrogens with zero attached hydrogens (tertiary/aromatic N) is 5. The molecule has 7 rings (SSSR count). The molecule has 246 valence electrons. The van der Waals surface area contributed by atoms with Crippen LogP contribution in [0.15, 0.2) is 28.5 Å². The van der Waals surface area contributed by atoms with Crippen LogP contribution in [0.1, 0.15) is 64.7 Å². The molecule has 44 heavy (non-hydrogen) atoms. The first-order valence-corrected chi connectivity index (χ1v) is 17.9. The summed E-state index contributed by atoms with van der Waals surface area (Å²) >= 11 is 0. The predicted molar refractivity (Wildman–Crippen MR) is 165 cm³/mol. The molecule has 2 bridgehead atoms. The zero-order valence-electron chi connectivity index (χ0n) is 25.7. The fraction of sp³-hybridized carbons (Fsp3) is 0.800. The van der Waals surface area contributed by atoms with E-state index in [1.807, 2.05) is 9.80 Å². The van der Waals surface area contributed by atoms with Crippen LogP contribution in [0.2, 0.25) is 0 Å².